The molecular formula is C16H16N4O2. The number of hydrogen-bond acceptors (Lipinski definition) is 6. The normalized spacial score (nSPS) is 24.0. The van der Waals surface area contributed by atoms with Crippen LogP contribution in [0.4, 0.5) is 11.6 Å². The van der Waals surface area contributed by atoms with Gasteiger partial charge in [0.15, 0.2) is 5.78 Å². The van der Waals surface area contributed by atoms with Gasteiger partial charge in [0.05, 0.1) is 6.04 Å². The third-order valence-corrected chi connectivity index (χ3v) is 4.17. The molecular weight excluding hydrogens is 280 g/mol. The van der Waals surface area contributed by atoms with Gasteiger partial charge in [-0.25, -0.2) is 4.63 Å². The van der Waals surface area contributed by atoms with E-state index in [-0.39, 0.29) is 11.8 Å². The molecule has 2 aliphatic rings. The van der Waals surface area contributed by atoms with Crippen LogP contribution in [0.25, 0.3) is 0 Å². The SMILES string of the molecule is CC1CC(=O)C2=C(C1)Nc1nonc1NC2c1ccccc1. The zero-order chi connectivity index (χ0) is 15.1. The van der Waals surface area contributed by atoms with Gasteiger partial charge < -0.3 is 10.6 Å². The minimum Gasteiger partial charge on any atom is -0.353 e. The average molecular weight is 296 g/mol. The monoisotopic (exact) mass is 296 g/mol. The Morgan fingerprint density at radius 2 is 1.91 bits per heavy atom. The number of nitrogens with zero attached hydrogens (tertiary/aromatic N) is 2. The van der Waals surface area contributed by atoms with Crippen LogP contribution in [0.5, 0.6) is 0 Å². The number of anilines is 2. The first-order chi connectivity index (χ1) is 10.7. The van der Waals surface area contributed by atoms with E-state index in [2.05, 4.69) is 27.9 Å². The minimum atomic E-state index is -0.239. The molecule has 0 saturated carbocycles. The van der Waals surface area contributed by atoms with Gasteiger partial charge in [-0.1, -0.05) is 37.3 Å². The van der Waals surface area contributed by atoms with Crippen LogP contribution in [0.3, 0.4) is 0 Å². The summed E-state index contributed by atoms with van der Waals surface area (Å²) in [5.41, 5.74) is 2.72. The molecule has 0 amide bonds. The van der Waals surface area contributed by atoms with Crippen molar-refractivity contribution in [3.8, 4) is 0 Å². The number of benzene rings is 1. The van der Waals surface area contributed by atoms with Gasteiger partial charge in [-0.2, -0.15) is 0 Å². The molecule has 2 heterocycles. The smallest absolute Gasteiger partial charge is 0.219 e. The number of hydrogen-bond donors (Lipinski definition) is 2. The topological polar surface area (TPSA) is 80.1 Å². The number of ketones is 1. The summed E-state index contributed by atoms with van der Waals surface area (Å²) in [5.74, 6) is 1.55. The van der Waals surface area contributed by atoms with Gasteiger partial charge >= 0.3 is 0 Å². The molecule has 112 valence electrons. The van der Waals surface area contributed by atoms with Crippen LogP contribution in [0.2, 0.25) is 0 Å². The van der Waals surface area contributed by atoms with E-state index >= 15 is 0 Å². The Morgan fingerprint density at radius 3 is 2.73 bits per heavy atom. The third kappa shape index (κ3) is 2.07. The van der Waals surface area contributed by atoms with Crippen molar-refractivity contribution in [1.29, 1.82) is 0 Å². The van der Waals surface area contributed by atoms with E-state index in [1.807, 2.05) is 30.3 Å². The van der Waals surface area contributed by atoms with E-state index in [0.717, 1.165) is 23.3 Å². The van der Waals surface area contributed by atoms with Crippen LogP contribution < -0.4 is 10.6 Å². The van der Waals surface area contributed by atoms with Gasteiger partial charge in [-0.15, -0.1) is 0 Å². The highest BCUT2D eigenvalue weighted by molar-refractivity contribution is 6.00. The lowest BCUT2D eigenvalue weighted by molar-refractivity contribution is -0.117. The van der Waals surface area contributed by atoms with E-state index < -0.39 is 0 Å². The first kappa shape index (κ1) is 13.1. The predicted octanol–water partition coefficient (Wildman–Crippen LogP) is 2.90. The second kappa shape index (κ2) is 4.98. The Hall–Kier alpha value is -2.63. The first-order valence-electron chi connectivity index (χ1n) is 7.39. The maximum Gasteiger partial charge on any atom is 0.219 e. The Bertz CT molecular complexity index is 751. The zero-order valence-corrected chi connectivity index (χ0v) is 12.2. The third-order valence-electron chi connectivity index (χ3n) is 4.17. The number of carbonyl (C=O) groups excluding carboxylic acids is 1. The van der Waals surface area contributed by atoms with Crippen molar-refractivity contribution in [2.24, 2.45) is 5.92 Å². The van der Waals surface area contributed by atoms with Gasteiger partial charge in [0.25, 0.3) is 0 Å². The quantitative estimate of drug-likeness (QED) is 0.842. The molecule has 2 N–H and O–H groups in total. The van der Waals surface area contributed by atoms with Crippen molar-refractivity contribution < 1.29 is 9.42 Å². The molecule has 0 bridgehead atoms. The molecule has 1 aromatic heterocycles. The van der Waals surface area contributed by atoms with Crippen molar-refractivity contribution in [2.45, 2.75) is 25.8 Å². The number of rotatable bonds is 1. The molecule has 4 rings (SSSR count). The number of Topliss-reactive ketones (excluding diaryl/α,β-unsaturated/α-hetero) is 1. The highest BCUT2D eigenvalue weighted by Gasteiger charge is 2.35. The number of allylic oxidation sites excluding steroid dienone is 1. The standard InChI is InChI=1S/C16H16N4O2/c1-9-7-11-13(12(21)8-9)14(10-5-3-2-4-6-10)18-16-15(17-11)19-22-20-16/h2-6,9,14H,7-8H2,1H3,(H,17,19)(H,18,20). The van der Waals surface area contributed by atoms with Gasteiger partial charge in [-0.05, 0) is 28.2 Å². The summed E-state index contributed by atoms with van der Waals surface area (Å²) in [5, 5.41) is 14.3. The lowest BCUT2D eigenvalue weighted by Crippen LogP contribution is -2.26. The molecule has 2 aromatic rings. The molecule has 2 unspecified atom stereocenters. The Kier molecular flexibility index (Phi) is 2.96. The van der Waals surface area contributed by atoms with Gasteiger partial charge in [-0.3, -0.25) is 4.79 Å². The van der Waals surface area contributed by atoms with E-state index in [1.165, 1.54) is 0 Å². The summed E-state index contributed by atoms with van der Waals surface area (Å²) >= 11 is 0. The fourth-order valence-electron chi connectivity index (χ4n) is 3.19. The van der Waals surface area contributed by atoms with Crippen LogP contribution in [0.1, 0.15) is 31.4 Å². The molecule has 2 atom stereocenters. The van der Waals surface area contributed by atoms with Gasteiger partial charge in [0.2, 0.25) is 11.6 Å². The summed E-state index contributed by atoms with van der Waals surface area (Å²) in [4.78, 5) is 12.6. The number of fused-ring (bicyclic) bond motifs is 1. The van der Waals surface area contributed by atoms with Crippen LogP contribution in [0, 0.1) is 5.92 Å². The maximum atomic E-state index is 12.6. The first-order valence-corrected chi connectivity index (χ1v) is 7.39. The average Bonchev–Trinajstić information content (AvgIpc) is 2.87. The summed E-state index contributed by atoms with van der Waals surface area (Å²) in [7, 11) is 0. The molecule has 6 nitrogen and oxygen atoms in total. The highest BCUT2D eigenvalue weighted by atomic mass is 16.6. The van der Waals surface area contributed by atoms with Crippen molar-refractivity contribution in [2.75, 3.05) is 10.6 Å². The number of nitrogens with one attached hydrogen (secondary N) is 2. The van der Waals surface area contributed by atoms with Crippen LogP contribution in [-0.2, 0) is 4.79 Å². The Morgan fingerprint density at radius 1 is 1.14 bits per heavy atom. The molecule has 0 spiro atoms. The van der Waals surface area contributed by atoms with Gasteiger partial charge in [0.1, 0.15) is 0 Å². The second-order valence-electron chi connectivity index (χ2n) is 5.90. The van der Waals surface area contributed by atoms with Crippen molar-refractivity contribution in [1.82, 2.24) is 10.3 Å². The van der Waals surface area contributed by atoms with Crippen molar-refractivity contribution in [3.63, 3.8) is 0 Å². The Labute approximate surface area is 127 Å². The lowest BCUT2D eigenvalue weighted by Gasteiger charge is -2.27. The summed E-state index contributed by atoms with van der Waals surface area (Å²) in [6.45, 7) is 2.08. The largest absolute Gasteiger partial charge is 0.353 e. The molecule has 22 heavy (non-hydrogen) atoms. The van der Waals surface area contributed by atoms with Gasteiger partial charge in [0, 0.05) is 17.7 Å². The van der Waals surface area contributed by atoms with E-state index in [9.17, 15) is 4.79 Å². The Balaban J connectivity index is 1.87. The molecule has 6 heteroatoms. The van der Waals surface area contributed by atoms with E-state index in [1.54, 1.807) is 0 Å². The van der Waals surface area contributed by atoms with Crippen molar-refractivity contribution in [3.05, 3.63) is 47.2 Å². The van der Waals surface area contributed by atoms with Crippen LogP contribution in [-0.4, -0.2) is 16.1 Å². The molecule has 1 aliphatic carbocycles. The molecule has 0 radical (unpaired) electrons. The summed E-state index contributed by atoms with van der Waals surface area (Å²) in [6.07, 6.45) is 1.39. The number of aromatic nitrogens is 2. The van der Waals surface area contributed by atoms with E-state index in [4.69, 9.17) is 4.63 Å². The minimum absolute atomic E-state index is 0.171. The number of carbonyl (C=O) groups is 1. The summed E-state index contributed by atoms with van der Waals surface area (Å²) < 4.78 is 4.81. The molecule has 0 saturated heterocycles. The predicted molar refractivity (Wildman–Crippen MR) is 81.2 cm³/mol. The summed E-state index contributed by atoms with van der Waals surface area (Å²) in [6, 6.07) is 9.66. The molecule has 1 aliphatic heterocycles. The lowest BCUT2D eigenvalue weighted by atomic mass is 9.82. The maximum absolute atomic E-state index is 12.6. The molecule has 1 aromatic carbocycles. The fraction of sp³-hybridized carbons (Fsp3) is 0.312. The zero-order valence-electron chi connectivity index (χ0n) is 12.2. The van der Waals surface area contributed by atoms with E-state index in [0.29, 0.717) is 24.0 Å². The van der Waals surface area contributed by atoms with Crippen molar-refractivity contribution >= 4 is 17.4 Å². The fourth-order valence-corrected chi connectivity index (χ4v) is 3.19. The second-order valence-corrected chi connectivity index (χ2v) is 5.90. The van der Waals surface area contributed by atoms with Crippen LogP contribution in [0.15, 0.2) is 46.2 Å². The van der Waals surface area contributed by atoms with Crippen LogP contribution >= 0.6 is 0 Å². The highest BCUT2D eigenvalue weighted by Crippen LogP contribution is 2.40. The molecule has 0 fully saturated rings.